The topological polar surface area (TPSA) is 99.6 Å². The van der Waals surface area contributed by atoms with Gasteiger partial charge in [-0.2, -0.15) is 0 Å². The molecule has 0 atom stereocenters. The summed E-state index contributed by atoms with van der Waals surface area (Å²) < 4.78 is 0. The SMILES string of the molecule is C=NC(=N)c1cc(O)cc([N+](=O)[O-])c1. The van der Waals surface area contributed by atoms with Crippen molar-refractivity contribution in [1.29, 1.82) is 5.41 Å². The van der Waals surface area contributed by atoms with Crippen LogP contribution in [0.4, 0.5) is 5.69 Å². The van der Waals surface area contributed by atoms with Crippen LogP contribution in [0.15, 0.2) is 23.2 Å². The first kappa shape index (κ1) is 9.85. The average molecular weight is 193 g/mol. The van der Waals surface area contributed by atoms with E-state index in [0.717, 1.165) is 12.1 Å². The van der Waals surface area contributed by atoms with Gasteiger partial charge in [0.2, 0.25) is 0 Å². The van der Waals surface area contributed by atoms with Crippen LogP contribution in [0.5, 0.6) is 5.75 Å². The van der Waals surface area contributed by atoms with Gasteiger partial charge in [0.1, 0.15) is 5.75 Å². The Hall–Kier alpha value is -2.24. The third-order valence-corrected chi connectivity index (χ3v) is 1.54. The summed E-state index contributed by atoms with van der Waals surface area (Å²) in [5, 5.41) is 26.8. The molecule has 0 spiro atoms. The number of nitrogens with one attached hydrogen (secondary N) is 1. The van der Waals surface area contributed by atoms with Gasteiger partial charge in [0.05, 0.1) is 11.0 Å². The van der Waals surface area contributed by atoms with E-state index in [1.54, 1.807) is 0 Å². The Morgan fingerprint density at radius 2 is 2.21 bits per heavy atom. The molecule has 0 aromatic heterocycles. The molecule has 0 heterocycles. The molecule has 1 aromatic carbocycles. The Labute approximate surface area is 79.2 Å². The van der Waals surface area contributed by atoms with Gasteiger partial charge in [0, 0.05) is 11.6 Å². The second-order valence-corrected chi connectivity index (χ2v) is 2.50. The van der Waals surface area contributed by atoms with Gasteiger partial charge in [-0.05, 0) is 12.8 Å². The third kappa shape index (κ3) is 1.92. The fourth-order valence-corrected chi connectivity index (χ4v) is 0.929. The zero-order valence-corrected chi connectivity index (χ0v) is 7.10. The van der Waals surface area contributed by atoms with Crippen LogP contribution in [0, 0.1) is 15.5 Å². The summed E-state index contributed by atoms with van der Waals surface area (Å²) in [4.78, 5) is 13.0. The van der Waals surface area contributed by atoms with Crippen molar-refractivity contribution in [3.63, 3.8) is 0 Å². The number of phenolic OH excluding ortho intramolecular Hbond substituents is 1. The number of phenols is 1. The highest BCUT2D eigenvalue weighted by Gasteiger charge is 2.11. The van der Waals surface area contributed by atoms with Gasteiger partial charge in [-0.15, -0.1) is 0 Å². The highest BCUT2D eigenvalue weighted by Crippen LogP contribution is 2.21. The van der Waals surface area contributed by atoms with Gasteiger partial charge in [-0.25, -0.2) is 4.99 Å². The molecule has 6 nitrogen and oxygen atoms in total. The summed E-state index contributed by atoms with van der Waals surface area (Å²) >= 11 is 0. The maximum absolute atomic E-state index is 10.4. The molecular formula is C8H7N3O3. The molecular weight excluding hydrogens is 186 g/mol. The molecule has 0 bridgehead atoms. The second kappa shape index (κ2) is 3.65. The second-order valence-electron chi connectivity index (χ2n) is 2.50. The molecule has 14 heavy (non-hydrogen) atoms. The van der Waals surface area contributed by atoms with Crippen molar-refractivity contribution in [3.8, 4) is 5.75 Å². The van der Waals surface area contributed by atoms with Crippen molar-refractivity contribution in [1.82, 2.24) is 0 Å². The molecule has 0 amide bonds. The standard InChI is InChI=1S/C8H7N3O3/c1-10-8(9)5-2-6(11(13)14)4-7(12)3-5/h2-4,9,12H,1H2. The number of aromatic hydroxyl groups is 1. The summed E-state index contributed by atoms with van der Waals surface area (Å²) in [6, 6.07) is 3.36. The molecule has 0 aliphatic heterocycles. The third-order valence-electron chi connectivity index (χ3n) is 1.54. The van der Waals surface area contributed by atoms with E-state index in [9.17, 15) is 10.1 Å². The van der Waals surface area contributed by atoms with Crippen molar-refractivity contribution in [2.45, 2.75) is 0 Å². The first-order valence-electron chi connectivity index (χ1n) is 3.58. The van der Waals surface area contributed by atoms with Gasteiger partial charge < -0.3 is 5.11 Å². The first-order chi connectivity index (χ1) is 6.54. The highest BCUT2D eigenvalue weighted by atomic mass is 16.6. The van der Waals surface area contributed by atoms with Crippen LogP contribution in [-0.2, 0) is 0 Å². The number of nitro benzene ring substituents is 1. The summed E-state index contributed by atoms with van der Waals surface area (Å²) in [6.45, 7) is 3.12. The van der Waals surface area contributed by atoms with Crippen molar-refractivity contribution in [2.75, 3.05) is 0 Å². The average Bonchev–Trinajstić information content (AvgIpc) is 2.15. The number of hydrogen-bond acceptors (Lipinski definition) is 4. The number of aliphatic imine (C=N–C) groups is 1. The Morgan fingerprint density at radius 1 is 1.57 bits per heavy atom. The molecule has 0 saturated heterocycles. The molecule has 6 heteroatoms. The summed E-state index contributed by atoms with van der Waals surface area (Å²) in [5.41, 5.74) is -0.125. The van der Waals surface area contributed by atoms with Crippen LogP contribution in [-0.4, -0.2) is 22.6 Å². The smallest absolute Gasteiger partial charge is 0.273 e. The number of benzene rings is 1. The molecule has 0 radical (unpaired) electrons. The van der Waals surface area contributed by atoms with E-state index in [0.29, 0.717) is 0 Å². The number of nitro groups is 1. The Balaban J connectivity index is 3.26. The Morgan fingerprint density at radius 3 is 2.71 bits per heavy atom. The number of nitrogens with zero attached hydrogens (tertiary/aromatic N) is 2. The summed E-state index contributed by atoms with van der Waals surface area (Å²) in [5.74, 6) is -0.494. The van der Waals surface area contributed by atoms with E-state index in [2.05, 4.69) is 11.7 Å². The van der Waals surface area contributed by atoms with Crippen molar-refractivity contribution in [3.05, 3.63) is 33.9 Å². The lowest BCUT2D eigenvalue weighted by Gasteiger charge is -1.99. The quantitative estimate of drug-likeness (QED) is 0.320. The fraction of sp³-hybridized carbons (Fsp3) is 0. The van der Waals surface area contributed by atoms with Gasteiger partial charge in [-0.3, -0.25) is 15.5 Å². The maximum atomic E-state index is 10.4. The summed E-state index contributed by atoms with van der Waals surface area (Å²) in [6.07, 6.45) is 0. The molecule has 0 saturated carbocycles. The molecule has 2 N–H and O–H groups in total. The van der Waals surface area contributed by atoms with E-state index in [1.807, 2.05) is 0 Å². The largest absolute Gasteiger partial charge is 0.508 e. The molecule has 1 aromatic rings. The lowest BCUT2D eigenvalue weighted by Crippen LogP contribution is -1.96. The van der Waals surface area contributed by atoms with E-state index in [1.165, 1.54) is 6.07 Å². The highest BCUT2D eigenvalue weighted by molar-refractivity contribution is 5.99. The molecule has 0 aliphatic rings. The number of amidine groups is 1. The minimum atomic E-state index is -0.653. The lowest BCUT2D eigenvalue weighted by atomic mass is 10.2. The molecule has 0 unspecified atom stereocenters. The van der Waals surface area contributed by atoms with E-state index in [4.69, 9.17) is 10.5 Å². The molecule has 1 rings (SSSR count). The minimum Gasteiger partial charge on any atom is -0.508 e. The monoisotopic (exact) mass is 193 g/mol. The van der Waals surface area contributed by atoms with E-state index >= 15 is 0 Å². The van der Waals surface area contributed by atoms with Crippen molar-refractivity contribution in [2.24, 2.45) is 4.99 Å². The zero-order valence-electron chi connectivity index (χ0n) is 7.10. The molecule has 72 valence electrons. The van der Waals surface area contributed by atoms with Gasteiger partial charge in [0.15, 0.2) is 5.84 Å². The Bertz CT molecular complexity index is 414. The Kier molecular flexibility index (Phi) is 2.57. The van der Waals surface area contributed by atoms with Gasteiger partial charge >= 0.3 is 0 Å². The molecule has 0 fully saturated rings. The molecule has 0 aliphatic carbocycles. The van der Waals surface area contributed by atoms with Crippen LogP contribution in [0.3, 0.4) is 0 Å². The predicted octanol–water partition coefficient (Wildman–Crippen LogP) is 1.33. The lowest BCUT2D eigenvalue weighted by molar-refractivity contribution is -0.384. The minimum absolute atomic E-state index is 0.159. The van der Waals surface area contributed by atoms with Gasteiger partial charge in [0.25, 0.3) is 5.69 Å². The van der Waals surface area contributed by atoms with Gasteiger partial charge in [-0.1, -0.05) is 0 Å². The maximum Gasteiger partial charge on any atom is 0.273 e. The van der Waals surface area contributed by atoms with Crippen molar-refractivity contribution < 1.29 is 10.0 Å². The van der Waals surface area contributed by atoms with Crippen LogP contribution in [0.1, 0.15) is 5.56 Å². The predicted molar refractivity (Wildman–Crippen MR) is 51.1 cm³/mol. The summed E-state index contributed by atoms with van der Waals surface area (Å²) in [7, 11) is 0. The normalized spacial score (nSPS) is 9.43. The zero-order chi connectivity index (χ0) is 10.7. The number of non-ortho nitro benzene ring substituents is 1. The van der Waals surface area contributed by atoms with Crippen LogP contribution in [0.2, 0.25) is 0 Å². The van der Waals surface area contributed by atoms with Crippen LogP contribution >= 0.6 is 0 Å². The first-order valence-corrected chi connectivity index (χ1v) is 3.58. The van der Waals surface area contributed by atoms with Crippen LogP contribution in [0.25, 0.3) is 0 Å². The van der Waals surface area contributed by atoms with E-state index in [-0.39, 0.29) is 22.8 Å². The number of rotatable bonds is 2. The van der Waals surface area contributed by atoms with E-state index < -0.39 is 4.92 Å². The fourth-order valence-electron chi connectivity index (χ4n) is 0.929. The number of hydrogen-bond donors (Lipinski definition) is 2. The van der Waals surface area contributed by atoms with Crippen LogP contribution < -0.4 is 0 Å². The van der Waals surface area contributed by atoms with Crippen molar-refractivity contribution >= 4 is 18.2 Å².